The molecule has 130 valence electrons. The fraction of sp³-hybridized carbons (Fsp3) is 0.0909. The minimum atomic E-state index is 0.151. The Kier molecular flexibility index (Phi) is 4.13. The average Bonchev–Trinajstić information content (AvgIpc) is 2.98. The number of aromatic hydroxyl groups is 1. The van der Waals surface area contributed by atoms with Crippen molar-refractivity contribution in [2.24, 2.45) is 0 Å². The molecule has 0 aliphatic rings. The van der Waals surface area contributed by atoms with Gasteiger partial charge in [0.25, 0.3) is 0 Å². The van der Waals surface area contributed by atoms with Gasteiger partial charge in [0.2, 0.25) is 0 Å². The maximum absolute atomic E-state index is 10.0. The molecule has 3 nitrogen and oxygen atoms in total. The van der Waals surface area contributed by atoms with Crippen molar-refractivity contribution in [1.29, 1.82) is 0 Å². The molecule has 1 aromatic heterocycles. The first-order valence-electron chi connectivity index (χ1n) is 8.47. The molecule has 0 unspecified atom stereocenters. The van der Waals surface area contributed by atoms with Crippen LogP contribution in [0.15, 0.2) is 70.5 Å². The molecule has 4 rings (SSSR count). The lowest BCUT2D eigenvalue weighted by Crippen LogP contribution is -1.91. The molecule has 26 heavy (non-hydrogen) atoms. The number of aromatic nitrogens is 1. The Balaban J connectivity index is 1.95. The van der Waals surface area contributed by atoms with Crippen LogP contribution in [-0.2, 0) is 0 Å². The molecule has 0 spiro atoms. The number of nitrogens with two attached hydrogens (primary N) is 1. The summed E-state index contributed by atoms with van der Waals surface area (Å²) in [4.78, 5) is 5.89. The average molecular weight is 360 g/mol. The van der Waals surface area contributed by atoms with Crippen LogP contribution in [0.4, 0.5) is 5.69 Å². The Labute approximate surface area is 156 Å². The second-order valence-corrected chi connectivity index (χ2v) is 7.61. The van der Waals surface area contributed by atoms with Crippen molar-refractivity contribution in [2.45, 2.75) is 23.6 Å². The number of benzene rings is 3. The predicted molar refractivity (Wildman–Crippen MR) is 110 cm³/mol. The highest BCUT2D eigenvalue weighted by molar-refractivity contribution is 7.99. The van der Waals surface area contributed by atoms with Crippen molar-refractivity contribution in [2.75, 3.05) is 5.73 Å². The van der Waals surface area contributed by atoms with Gasteiger partial charge in [-0.15, -0.1) is 0 Å². The summed E-state index contributed by atoms with van der Waals surface area (Å²) in [5.74, 6) is 0.151. The van der Waals surface area contributed by atoms with Crippen LogP contribution >= 0.6 is 11.8 Å². The van der Waals surface area contributed by atoms with Crippen LogP contribution in [0.3, 0.4) is 0 Å². The zero-order valence-electron chi connectivity index (χ0n) is 14.7. The van der Waals surface area contributed by atoms with Crippen LogP contribution in [0.25, 0.3) is 22.2 Å². The molecule has 4 heteroatoms. The second-order valence-electron chi connectivity index (χ2n) is 6.52. The van der Waals surface area contributed by atoms with Gasteiger partial charge in [0.1, 0.15) is 5.75 Å². The molecule has 0 aliphatic heterocycles. The number of nitrogens with one attached hydrogen (secondary N) is 1. The van der Waals surface area contributed by atoms with Crippen molar-refractivity contribution in [3.8, 4) is 17.0 Å². The zero-order valence-corrected chi connectivity index (χ0v) is 15.5. The minimum absolute atomic E-state index is 0.151. The van der Waals surface area contributed by atoms with Crippen molar-refractivity contribution in [3.05, 3.63) is 71.8 Å². The van der Waals surface area contributed by atoms with Gasteiger partial charge in [-0.05, 0) is 55.8 Å². The Morgan fingerprint density at radius 1 is 0.962 bits per heavy atom. The summed E-state index contributed by atoms with van der Waals surface area (Å²) in [6.45, 7) is 3.97. The lowest BCUT2D eigenvalue weighted by atomic mass is 10.1. The summed E-state index contributed by atoms with van der Waals surface area (Å²) in [6, 6.07) is 20.6. The molecule has 0 atom stereocenters. The first-order valence-corrected chi connectivity index (χ1v) is 9.29. The molecule has 0 aliphatic carbocycles. The molecule has 0 saturated heterocycles. The van der Waals surface area contributed by atoms with E-state index >= 15 is 0 Å². The first kappa shape index (κ1) is 16.6. The van der Waals surface area contributed by atoms with Gasteiger partial charge >= 0.3 is 0 Å². The number of hydrogen-bond donors (Lipinski definition) is 3. The first-order chi connectivity index (χ1) is 12.5. The van der Waals surface area contributed by atoms with Gasteiger partial charge < -0.3 is 15.8 Å². The third kappa shape index (κ3) is 2.93. The predicted octanol–water partition coefficient (Wildman–Crippen LogP) is 5.89. The Hall–Kier alpha value is -2.85. The fourth-order valence-corrected chi connectivity index (χ4v) is 4.23. The monoisotopic (exact) mass is 360 g/mol. The van der Waals surface area contributed by atoms with Gasteiger partial charge in [0.15, 0.2) is 0 Å². The van der Waals surface area contributed by atoms with Gasteiger partial charge in [-0.2, -0.15) is 0 Å². The fourth-order valence-electron chi connectivity index (χ4n) is 3.15. The Morgan fingerprint density at radius 3 is 2.46 bits per heavy atom. The van der Waals surface area contributed by atoms with E-state index in [1.54, 1.807) is 11.8 Å². The molecular weight excluding hydrogens is 340 g/mol. The normalized spacial score (nSPS) is 11.2. The highest BCUT2D eigenvalue weighted by Crippen LogP contribution is 2.43. The van der Waals surface area contributed by atoms with E-state index < -0.39 is 0 Å². The summed E-state index contributed by atoms with van der Waals surface area (Å²) >= 11 is 1.74. The summed E-state index contributed by atoms with van der Waals surface area (Å²) in [5, 5.41) is 11.2. The Bertz CT molecular complexity index is 1080. The molecule has 4 aromatic rings. The summed E-state index contributed by atoms with van der Waals surface area (Å²) < 4.78 is 0. The molecule has 3 aromatic carbocycles. The molecule has 0 amide bonds. The number of phenolic OH excluding ortho intramolecular Hbond substituents is 1. The third-order valence-electron chi connectivity index (χ3n) is 4.49. The number of rotatable bonds is 3. The molecule has 0 saturated carbocycles. The van der Waals surface area contributed by atoms with Crippen molar-refractivity contribution >= 4 is 28.4 Å². The second kappa shape index (κ2) is 6.46. The van der Waals surface area contributed by atoms with E-state index in [0.29, 0.717) is 5.69 Å². The number of H-pyrrole nitrogens is 1. The largest absolute Gasteiger partial charge is 0.506 e. The Morgan fingerprint density at radius 2 is 1.73 bits per heavy atom. The molecule has 0 radical (unpaired) electrons. The summed E-state index contributed by atoms with van der Waals surface area (Å²) in [7, 11) is 0. The maximum atomic E-state index is 10.0. The van der Waals surface area contributed by atoms with Crippen LogP contribution in [0.2, 0.25) is 0 Å². The number of aryl methyl sites for hydroxylation is 2. The van der Waals surface area contributed by atoms with Crippen molar-refractivity contribution in [1.82, 2.24) is 4.98 Å². The SMILES string of the molecule is Cc1ccc2[nH]c(-c3cc(C)c(O)c(N)c3)c(Sc3ccccc3)c2c1. The highest BCUT2D eigenvalue weighted by atomic mass is 32.2. The number of fused-ring (bicyclic) bond motifs is 1. The minimum Gasteiger partial charge on any atom is -0.506 e. The van der Waals surface area contributed by atoms with E-state index in [4.69, 9.17) is 5.73 Å². The van der Waals surface area contributed by atoms with E-state index in [0.717, 1.165) is 22.3 Å². The number of nitrogen functional groups attached to an aromatic ring is 1. The van der Waals surface area contributed by atoms with E-state index in [1.165, 1.54) is 20.7 Å². The van der Waals surface area contributed by atoms with E-state index in [-0.39, 0.29) is 5.75 Å². The van der Waals surface area contributed by atoms with Gasteiger partial charge in [-0.1, -0.05) is 41.6 Å². The topological polar surface area (TPSA) is 62.0 Å². The van der Waals surface area contributed by atoms with Gasteiger partial charge in [-0.3, -0.25) is 0 Å². The summed E-state index contributed by atoms with van der Waals surface area (Å²) in [6.07, 6.45) is 0. The number of anilines is 1. The number of aromatic amines is 1. The van der Waals surface area contributed by atoms with Crippen molar-refractivity contribution < 1.29 is 5.11 Å². The maximum Gasteiger partial charge on any atom is 0.141 e. The standard InChI is InChI=1S/C22H20N2OS/c1-13-8-9-19-17(10-13)22(26-16-6-4-3-5-7-16)20(24-19)15-11-14(2)21(25)18(23)12-15/h3-12,24-25H,23H2,1-2H3. The quantitative estimate of drug-likeness (QED) is 0.315. The van der Waals surface area contributed by atoms with Gasteiger partial charge in [-0.25, -0.2) is 0 Å². The zero-order chi connectivity index (χ0) is 18.3. The third-order valence-corrected chi connectivity index (χ3v) is 5.62. The van der Waals surface area contributed by atoms with Gasteiger partial charge in [0.05, 0.1) is 11.4 Å². The van der Waals surface area contributed by atoms with E-state index in [2.05, 4.69) is 42.2 Å². The highest BCUT2D eigenvalue weighted by Gasteiger charge is 2.16. The van der Waals surface area contributed by atoms with E-state index in [1.807, 2.05) is 37.3 Å². The van der Waals surface area contributed by atoms with Gasteiger partial charge in [0, 0.05) is 26.3 Å². The molecule has 1 heterocycles. The molecule has 4 N–H and O–H groups in total. The summed E-state index contributed by atoms with van der Waals surface area (Å²) in [5.41, 5.74) is 11.5. The molecule has 0 fully saturated rings. The van der Waals surface area contributed by atoms with Crippen LogP contribution in [0.1, 0.15) is 11.1 Å². The smallest absolute Gasteiger partial charge is 0.141 e. The number of phenols is 1. The molecular formula is C22H20N2OS. The van der Waals surface area contributed by atoms with Crippen LogP contribution in [0.5, 0.6) is 5.75 Å². The van der Waals surface area contributed by atoms with Crippen LogP contribution in [-0.4, -0.2) is 10.1 Å². The lowest BCUT2D eigenvalue weighted by Gasteiger charge is -2.09. The number of hydrogen-bond acceptors (Lipinski definition) is 3. The van der Waals surface area contributed by atoms with Crippen molar-refractivity contribution in [3.63, 3.8) is 0 Å². The van der Waals surface area contributed by atoms with Crippen LogP contribution in [0, 0.1) is 13.8 Å². The lowest BCUT2D eigenvalue weighted by molar-refractivity contribution is 0.474. The molecule has 0 bridgehead atoms. The van der Waals surface area contributed by atoms with E-state index in [9.17, 15) is 5.11 Å². The van der Waals surface area contributed by atoms with Crippen LogP contribution < -0.4 is 5.73 Å².